The first-order chi connectivity index (χ1) is 7.18. The third-order valence-corrected chi connectivity index (χ3v) is 2.55. The molecule has 0 saturated carbocycles. The molecule has 0 fully saturated rings. The van der Waals surface area contributed by atoms with Crippen molar-refractivity contribution < 1.29 is 13.6 Å². The van der Waals surface area contributed by atoms with Crippen molar-refractivity contribution in [2.24, 2.45) is 0 Å². The Morgan fingerprint density at radius 1 is 1.20 bits per heavy atom. The molecular formula is C11H6BrFO2. The molecule has 0 atom stereocenters. The van der Waals surface area contributed by atoms with Gasteiger partial charge in [0.05, 0.1) is 10.7 Å². The largest absolute Gasteiger partial charge is 0.460 e. The summed E-state index contributed by atoms with van der Waals surface area (Å²) in [5.74, 6) is -0.418. The molecule has 0 radical (unpaired) electrons. The van der Waals surface area contributed by atoms with Gasteiger partial charge in [-0.1, -0.05) is 0 Å². The quantitative estimate of drug-likeness (QED) is 0.782. The summed E-state index contributed by atoms with van der Waals surface area (Å²) < 4.78 is 18.2. The number of furan rings is 1. The van der Waals surface area contributed by atoms with Gasteiger partial charge in [0.1, 0.15) is 5.82 Å². The van der Waals surface area contributed by atoms with Gasteiger partial charge in [0.25, 0.3) is 0 Å². The van der Waals surface area contributed by atoms with E-state index in [-0.39, 0.29) is 17.4 Å². The van der Waals surface area contributed by atoms with Crippen molar-refractivity contribution in [2.45, 2.75) is 0 Å². The molecule has 1 heterocycles. The fraction of sp³-hybridized carbons (Fsp3) is 0. The van der Waals surface area contributed by atoms with Gasteiger partial charge in [-0.2, -0.15) is 0 Å². The molecule has 2 rings (SSSR count). The van der Waals surface area contributed by atoms with Crippen LogP contribution in [0, 0.1) is 5.82 Å². The zero-order valence-corrected chi connectivity index (χ0v) is 9.12. The molecule has 0 amide bonds. The van der Waals surface area contributed by atoms with E-state index in [4.69, 9.17) is 4.42 Å². The minimum absolute atomic E-state index is 0.224. The SMILES string of the molecule is O=C(c1ccc(F)cc1)c1occc1Br. The van der Waals surface area contributed by atoms with Crippen molar-refractivity contribution in [1.82, 2.24) is 0 Å². The van der Waals surface area contributed by atoms with Gasteiger partial charge in [-0.25, -0.2) is 4.39 Å². The molecule has 76 valence electrons. The summed E-state index contributed by atoms with van der Waals surface area (Å²) in [6, 6.07) is 6.96. The lowest BCUT2D eigenvalue weighted by atomic mass is 10.1. The van der Waals surface area contributed by atoms with Gasteiger partial charge in [0.15, 0.2) is 5.76 Å². The van der Waals surface area contributed by atoms with Crippen molar-refractivity contribution in [3.05, 3.63) is 58.2 Å². The van der Waals surface area contributed by atoms with Gasteiger partial charge in [0, 0.05) is 5.56 Å². The molecule has 4 heteroatoms. The first-order valence-corrected chi connectivity index (χ1v) is 5.01. The molecule has 0 N–H and O–H groups in total. The van der Waals surface area contributed by atoms with Crippen LogP contribution in [0.4, 0.5) is 4.39 Å². The molecular weight excluding hydrogens is 263 g/mol. The van der Waals surface area contributed by atoms with E-state index in [9.17, 15) is 9.18 Å². The molecule has 0 aliphatic rings. The lowest BCUT2D eigenvalue weighted by Gasteiger charge is -1.97. The predicted octanol–water partition coefficient (Wildman–Crippen LogP) is 3.41. The second kappa shape index (κ2) is 3.98. The normalized spacial score (nSPS) is 10.3. The van der Waals surface area contributed by atoms with E-state index in [1.54, 1.807) is 6.07 Å². The Bertz CT molecular complexity index is 488. The van der Waals surface area contributed by atoms with Crippen LogP contribution in [0.25, 0.3) is 0 Å². The highest BCUT2D eigenvalue weighted by Gasteiger charge is 2.15. The van der Waals surface area contributed by atoms with Crippen LogP contribution in [0.3, 0.4) is 0 Å². The van der Waals surface area contributed by atoms with Crippen molar-refractivity contribution in [3.8, 4) is 0 Å². The molecule has 1 aromatic carbocycles. The zero-order valence-electron chi connectivity index (χ0n) is 7.54. The Morgan fingerprint density at radius 2 is 1.87 bits per heavy atom. The summed E-state index contributed by atoms with van der Waals surface area (Å²) in [5.41, 5.74) is 0.395. The van der Waals surface area contributed by atoms with Crippen LogP contribution < -0.4 is 0 Å². The third kappa shape index (κ3) is 1.99. The molecule has 2 nitrogen and oxygen atoms in total. The highest BCUT2D eigenvalue weighted by atomic mass is 79.9. The van der Waals surface area contributed by atoms with Crippen molar-refractivity contribution in [1.29, 1.82) is 0 Å². The number of rotatable bonds is 2. The van der Waals surface area contributed by atoms with Gasteiger partial charge >= 0.3 is 0 Å². The average molecular weight is 269 g/mol. The monoisotopic (exact) mass is 268 g/mol. The van der Waals surface area contributed by atoms with Crippen molar-refractivity contribution in [2.75, 3.05) is 0 Å². The zero-order chi connectivity index (χ0) is 10.8. The van der Waals surface area contributed by atoms with E-state index >= 15 is 0 Å². The minimum Gasteiger partial charge on any atom is -0.460 e. The van der Waals surface area contributed by atoms with Crippen molar-refractivity contribution in [3.63, 3.8) is 0 Å². The molecule has 1 aromatic heterocycles. The molecule has 0 spiro atoms. The predicted molar refractivity (Wildman–Crippen MR) is 56.2 cm³/mol. The Morgan fingerprint density at radius 3 is 2.40 bits per heavy atom. The number of carbonyl (C=O) groups is 1. The lowest BCUT2D eigenvalue weighted by Crippen LogP contribution is -2.00. The van der Waals surface area contributed by atoms with Crippen LogP contribution in [0.2, 0.25) is 0 Å². The van der Waals surface area contributed by atoms with E-state index in [0.717, 1.165) is 0 Å². The van der Waals surface area contributed by atoms with Crippen LogP contribution in [0.5, 0.6) is 0 Å². The number of ketones is 1. The van der Waals surface area contributed by atoms with Gasteiger partial charge in [-0.05, 0) is 46.3 Å². The summed E-state index contributed by atoms with van der Waals surface area (Å²) >= 11 is 3.19. The molecule has 0 bridgehead atoms. The highest BCUT2D eigenvalue weighted by molar-refractivity contribution is 9.10. The number of carbonyl (C=O) groups excluding carboxylic acids is 1. The maximum absolute atomic E-state index is 12.6. The summed E-state index contributed by atoms with van der Waals surface area (Å²) in [4.78, 5) is 11.8. The van der Waals surface area contributed by atoms with Crippen LogP contribution in [-0.4, -0.2) is 5.78 Å². The van der Waals surface area contributed by atoms with E-state index in [0.29, 0.717) is 10.0 Å². The Balaban J connectivity index is 2.37. The first-order valence-electron chi connectivity index (χ1n) is 4.22. The van der Waals surface area contributed by atoms with Crippen LogP contribution in [0.15, 0.2) is 45.5 Å². The van der Waals surface area contributed by atoms with Gasteiger partial charge in [-0.3, -0.25) is 4.79 Å². The highest BCUT2D eigenvalue weighted by Crippen LogP contribution is 2.21. The van der Waals surface area contributed by atoms with Crippen LogP contribution in [-0.2, 0) is 0 Å². The maximum Gasteiger partial charge on any atom is 0.229 e. The molecule has 2 aromatic rings. The minimum atomic E-state index is -0.370. The van der Waals surface area contributed by atoms with Crippen LogP contribution >= 0.6 is 15.9 Å². The molecule has 0 aliphatic carbocycles. The second-order valence-electron chi connectivity index (χ2n) is 2.93. The van der Waals surface area contributed by atoms with Gasteiger partial charge in [-0.15, -0.1) is 0 Å². The summed E-state index contributed by atoms with van der Waals surface area (Å²) in [5, 5.41) is 0. The smallest absolute Gasteiger partial charge is 0.229 e. The van der Waals surface area contributed by atoms with E-state index in [2.05, 4.69) is 15.9 Å². The standard InChI is InChI=1S/C11H6BrFO2/c12-9-5-6-15-11(9)10(14)7-1-3-8(13)4-2-7/h1-6H. The molecule has 0 saturated heterocycles. The Kier molecular flexibility index (Phi) is 2.68. The maximum atomic E-state index is 12.6. The number of halogens is 2. The number of hydrogen-bond donors (Lipinski definition) is 0. The third-order valence-electron chi connectivity index (χ3n) is 1.93. The second-order valence-corrected chi connectivity index (χ2v) is 3.79. The molecule has 0 aliphatic heterocycles. The van der Waals surface area contributed by atoms with Crippen molar-refractivity contribution >= 4 is 21.7 Å². The summed E-state index contributed by atoms with van der Waals surface area (Å²) in [6.45, 7) is 0. The average Bonchev–Trinajstić information content (AvgIpc) is 2.65. The Labute approximate surface area is 93.8 Å². The fourth-order valence-corrected chi connectivity index (χ4v) is 1.57. The van der Waals surface area contributed by atoms with Gasteiger partial charge in [0.2, 0.25) is 5.78 Å². The molecule has 0 unspecified atom stereocenters. The first kappa shape index (κ1) is 10.1. The lowest BCUT2D eigenvalue weighted by molar-refractivity contribution is 0.101. The van der Waals surface area contributed by atoms with Crippen LogP contribution in [0.1, 0.15) is 16.1 Å². The number of hydrogen-bond acceptors (Lipinski definition) is 2. The summed E-state index contributed by atoms with van der Waals surface area (Å²) in [6.07, 6.45) is 1.42. The Hall–Kier alpha value is -1.42. The molecule has 15 heavy (non-hydrogen) atoms. The van der Waals surface area contributed by atoms with E-state index < -0.39 is 0 Å². The summed E-state index contributed by atoms with van der Waals surface area (Å²) in [7, 11) is 0. The van der Waals surface area contributed by atoms with Gasteiger partial charge < -0.3 is 4.42 Å². The van der Waals surface area contributed by atoms with E-state index in [1.807, 2.05) is 0 Å². The van der Waals surface area contributed by atoms with E-state index in [1.165, 1.54) is 30.5 Å². The fourth-order valence-electron chi connectivity index (χ4n) is 1.19. The topological polar surface area (TPSA) is 30.2 Å². The number of benzene rings is 1.